The third-order valence-electron chi connectivity index (χ3n) is 2.44. The molecule has 2 aromatic rings. The van der Waals surface area contributed by atoms with Crippen molar-refractivity contribution in [3.63, 3.8) is 0 Å². The van der Waals surface area contributed by atoms with Gasteiger partial charge in [-0.3, -0.25) is 10.2 Å². The highest BCUT2D eigenvalue weighted by Crippen LogP contribution is 2.20. The summed E-state index contributed by atoms with van der Waals surface area (Å²) in [5, 5.41) is 8.15. The molecule has 0 amide bonds. The van der Waals surface area contributed by atoms with Crippen LogP contribution in [0.15, 0.2) is 29.5 Å². The van der Waals surface area contributed by atoms with E-state index in [-0.39, 0.29) is 17.1 Å². The van der Waals surface area contributed by atoms with Crippen molar-refractivity contribution in [3.05, 3.63) is 46.1 Å². The summed E-state index contributed by atoms with van der Waals surface area (Å²) in [5.41, 5.74) is 12.1. The zero-order valence-corrected chi connectivity index (χ0v) is 10.2. The Balaban J connectivity index is 2.48. The van der Waals surface area contributed by atoms with Crippen LogP contribution in [0.1, 0.15) is 11.1 Å². The van der Waals surface area contributed by atoms with Crippen LogP contribution in [0, 0.1) is 5.41 Å². The maximum absolute atomic E-state index is 11.0. The standard InChI is InChI=1S/C11H13N7O/c1-14-18-11-8(10(13)16-5-17-11)9(12)6-2-3-7(19)15-4-6/h2-5,12,14H,1H3,(H,15,19)(H3,13,16,17,18). The zero-order valence-electron chi connectivity index (χ0n) is 10.2. The summed E-state index contributed by atoms with van der Waals surface area (Å²) in [6, 6.07) is 2.88. The molecule has 2 heterocycles. The molecule has 0 aliphatic heterocycles. The van der Waals surface area contributed by atoms with E-state index in [4.69, 9.17) is 11.1 Å². The van der Waals surface area contributed by atoms with Crippen molar-refractivity contribution in [2.75, 3.05) is 18.2 Å². The monoisotopic (exact) mass is 259 g/mol. The van der Waals surface area contributed by atoms with Gasteiger partial charge in [-0.05, 0) is 6.07 Å². The second kappa shape index (κ2) is 5.27. The van der Waals surface area contributed by atoms with Crippen molar-refractivity contribution in [2.45, 2.75) is 0 Å². The van der Waals surface area contributed by atoms with Crippen LogP contribution in [0.4, 0.5) is 11.6 Å². The minimum atomic E-state index is -0.234. The first-order valence-electron chi connectivity index (χ1n) is 5.44. The molecule has 0 fully saturated rings. The molecule has 98 valence electrons. The second-order valence-electron chi connectivity index (χ2n) is 3.67. The molecule has 2 rings (SSSR count). The molecule has 8 nitrogen and oxygen atoms in total. The molecule has 8 heteroatoms. The van der Waals surface area contributed by atoms with Gasteiger partial charge in [0.05, 0.1) is 11.3 Å². The van der Waals surface area contributed by atoms with Gasteiger partial charge in [-0.2, -0.15) is 0 Å². The largest absolute Gasteiger partial charge is 0.383 e. The van der Waals surface area contributed by atoms with Crippen LogP contribution in [-0.4, -0.2) is 27.7 Å². The molecule has 0 radical (unpaired) electrons. The predicted molar refractivity (Wildman–Crippen MR) is 72.1 cm³/mol. The van der Waals surface area contributed by atoms with Crippen molar-refractivity contribution in [1.29, 1.82) is 5.41 Å². The van der Waals surface area contributed by atoms with Crippen LogP contribution in [-0.2, 0) is 0 Å². The minimum Gasteiger partial charge on any atom is -0.383 e. The maximum atomic E-state index is 11.0. The van der Waals surface area contributed by atoms with Gasteiger partial charge in [0.15, 0.2) is 5.82 Å². The van der Waals surface area contributed by atoms with E-state index in [9.17, 15) is 4.79 Å². The van der Waals surface area contributed by atoms with Gasteiger partial charge < -0.3 is 16.1 Å². The average molecular weight is 259 g/mol. The third kappa shape index (κ3) is 2.58. The molecule has 0 aromatic carbocycles. The quantitative estimate of drug-likeness (QED) is 0.378. The lowest BCUT2D eigenvalue weighted by Gasteiger charge is -2.12. The lowest BCUT2D eigenvalue weighted by Crippen LogP contribution is -2.21. The van der Waals surface area contributed by atoms with E-state index >= 15 is 0 Å². The fourth-order valence-corrected chi connectivity index (χ4v) is 1.57. The van der Waals surface area contributed by atoms with Crippen molar-refractivity contribution < 1.29 is 0 Å². The first-order valence-corrected chi connectivity index (χ1v) is 5.44. The van der Waals surface area contributed by atoms with Crippen molar-refractivity contribution in [1.82, 2.24) is 20.4 Å². The highest BCUT2D eigenvalue weighted by molar-refractivity contribution is 6.15. The topological polar surface area (TPSA) is 133 Å². The maximum Gasteiger partial charge on any atom is 0.247 e. The number of aromatic nitrogens is 3. The molecule has 2 aromatic heterocycles. The summed E-state index contributed by atoms with van der Waals surface area (Å²) in [6.45, 7) is 0. The van der Waals surface area contributed by atoms with Gasteiger partial charge in [0.1, 0.15) is 12.1 Å². The van der Waals surface area contributed by atoms with E-state index in [0.29, 0.717) is 16.9 Å². The van der Waals surface area contributed by atoms with E-state index in [1.165, 1.54) is 24.7 Å². The fraction of sp³-hybridized carbons (Fsp3) is 0.0909. The number of anilines is 2. The predicted octanol–water partition coefficient (Wildman–Crippen LogP) is -0.290. The van der Waals surface area contributed by atoms with Crippen LogP contribution in [0.25, 0.3) is 0 Å². The summed E-state index contributed by atoms with van der Waals surface area (Å²) >= 11 is 0. The Labute approximate surface area is 108 Å². The average Bonchev–Trinajstić information content (AvgIpc) is 2.39. The van der Waals surface area contributed by atoms with Crippen LogP contribution >= 0.6 is 0 Å². The van der Waals surface area contributed by atoms with Crippen molar-refractivity contribution in [2.24, 2.45) is 0 Å². The lowest BCUT2D eigenvalue weighted by atomic mass is 10.1. The number of pyridine rings is 1. The number of hydrogen-bond donors (Lipinski definition) is 5. The molecule has 0 saturated carbocycles. The molecule has 0 bridgehead atoms. The van der Waals surface area contributed by atoms with Crippen molar-refractivity contribution in [3.8, 4) is 0 Å². The third-order valence-corrected chi connectivity index (χ3v) is 2.44. The number of hydrazine groups is 1. The minimum absolute atomic E-state index is 0.118. The number of rotatable bonds is 4. The van der Waals surface area contributed by atoms with E-state index in [0.717, 1.165) is 0 Å². The van der Waals surface area contributed by atoms with Crippen LogP contribution in [0.5, 0.6) is 0 Å². The van der Waals surface area contributed by atoms with E-state index in [2.05, 4.69) is 25.8 Å². The molecule has 0 spiro atoms. The molecule has 0 aliphatic rings. The summed E-state index contributed by atoms with van der Waals surface area (Å²) in [4.78, 5) is 21.4. The molecule has 0 aliphatic carbocycles. The smallest absolute Gasteiger partial charge is 0.247 e. The number of aromatic amines is 1. The number of hydrogen-bond acceptors (Lipinski definition) is 7. The lowest BCUT2D eigenvalue weighted by molar-refractivity contribution is 0.956. The SMILES string of the molecule is CNNc1ncnc(N)c1C(=N)c1ccc(=O)[nH]c1. The Morgan fingerprint density at radius 2 is 2.21 bits per heavy atom. The molecular formula is C11H13N7O. The molecule has 6 N–H and O–H groups in total. The number of H-pyrrole nitrogens is 1. The first-order chi connectivity index (χ1) is 9.13. The van der Waals surface area contributed by atoms with Crippen LogP contribution in [0.2, 0.25) is 0 Å². The van der Waals surface area contributed by atoms with E-state index < -0.39 is 0 Å². The Morgan fingerprint density at radius 1 is 1.42 bits per heavy atom. The highest BCUT2D eigenvalue weighted by Gasteiger charge is 2.15. The number of nitrogens with two attached hydrogens (primary N) is 1. The second-order valence-corrected chi connectivity index (χ2v) is 3.67. The summed E-state index contributed by atoms with van der Waals surface area (Å²) in [5.74, 6) is 0.579. The van der Waals surface area contributed by atoms with Gasteiger partial charge >= 0.3 is 0 Å². The van der Waals surface area contributed by atoms with Crippen LogP contribution in [0.3, 0.4) is 0 Å². The molecule has 19 heavy (non-hydrogen) atoms. The summed E-state index contributed by atoms with van der Waals surface area (Å²) in [7, 11) is 1.67. The van der Waals surface area contributed by atoms with Gasteiger partial charge in [-0.25, -0.2) is 15.4 Å². The Kier molecular flexibility index (Phi) is 3.53. The number of nitrogens with zero attached hydrogens (tertiary/aromatic N) is 2. The Hall–Kier alpha value is -2.74. The summed E-state index contributed by atoms with van der Waals surface area (Å²) in [6.07, 6.45) is 2.75. The number of nitrogens with one attached hydrogen (secondary N) is 4. The number of nitrogen functional groups attached to an aromatic ring is 1. The Bertz CT molecular complexity index is 644. The molecule has 0 saturated heterocycles. The zero-order chi connectivity index (χ0) is 13.8. The molecular weight excluding hydrogens is 246 g/mol. The molecule has 0 atom stereocenters. The van der Waals surface area contributed by atoms with Gasteiger partial charge in [0.2, 0.25) is 5.56 Å². The van der Waals surface area contributed by atoms with Crippen molar-refractivity contribution >= 4 is 17.3 Å². The van der Waals surface area contributed by atoms with E-state index in [1.54, 1.807) is 7.05 Å². The van der Waals surface area contributed by atoms with Gasteiger partial charge in [0.25, 0.3) is 0 Å². The van der Waals surface area contributed by atoms with Crippen LogP contribution < -0.4 is 22.1 Å². The van der Waals surface area contributed by atoms with E-state index in [1.807, 2.05) is 0 Å². The first kappa shape index (κ1) is 12.7. The van der Waals surface area contributed by atoms with Gasteiger partial charge in [0, 0.05) is 24.9 Å². The Morgan fingerprint density at radius 3 is 2.84 bits per heavy atom. The highest BCUT2D eigenvalue weighted by atomic mass is 16.1. The fourth-order valence-electron chi connectivity index (χ4n) is 1.57. The molecule has 0 unspecified atom stereocenters. The normalized spacial score (nSPS) is 10.2. The van der Waals surface area contributed by atoms with Gasteiger partial charge in [-0.15, -0.1) is 0 Å². The summed E-state index contributed by atoms with van der Waals surface area (Å²) < 4.78 is 0. The van der Waals surface area contributed by atoms with Gasteiger partial charge in [-0.1, -0.05) is 0 Å².